The lowest BCUT2D eigenvalue weighted by molar-refractivity contribution is -0.177. The SMILES string of the molecule is CC(=O)OC[C@@]1(C)C2CCC3[C@]4(C)C[C@@H](C)[C@H](C(C)N(C)C(C)=O)[C@@]4(C)CC(=O)[C@]34CC24CC[C@@H]1NC(=O)C(C)C. The Morgan fingerprint density at radius 3 is 2.24 bits per heavy atom. The summed E-state index contributed by atoms with van der Waals surface area (Å²) in [5, 5.41) is 3.33. The predicted molar refractivity (Wildman–Crippen MR) is 157 cm³/mol. The van der Waals surface area contributed by atoms with Gasteiger partial charge < -0.3 is 15.0 Å². The lowest BCUT2D eigenvalue weighted by atomic mass is 9.41. The van der Waals surface area contributed by atoms with Gasteiger partial charge in [-0.3, -0.25) is 19.2 Å². The summed E-state index contributed by atoms with van der Waals surface area (Å²) in [6.45, 7) is 18.7. The average Bonchev–Trinajstić information content (AvgIpc) is 3.52. The molecule has 5 aliphatic carbocycles. The summed E-state index contributed by atoms with van der Waals surface area (Å²) in [4.78, 5) is 53.9. The molecular formula is C34H54N2O5. The summed E-state index contributed by atoms with van der Waals surface area (Å²) in [6, 6.07) is -0.00678. The minimum atomic E-state index is -0.422. The van der Waals surface area contributed by atoms with Crippen LogP contribution in [0.15, 0.2) is 0 Å². The van der Waals surface area contributed by atoms with Gasteiger partial charge in [-0.25, -0.2) is 0 Å². The molecule has 5 fully saturated rings. The number of amides is 2. The molecule has 0 bridgehead atoms. The third-order valence-corrected chi connectivity index (χ3v) is 14.1. The zero-order valence-corrected chi connectivity index (χ0v) is 27.2. The van der Waals surface area contributed by atoms with Crippen LogP contribution in [0.5, 0.6) is 0 Å². The van der Waals surface area contributed by atoms with E-state index in [4.69, 9.17) is 4.74 Å². The molecule has 4 unspecified atom stereocenters. The normalized spacial score (nSPS) is 46.9. The molecule has 5 rings (SSSR count). The number of hydrogen-bond acceptors (Lipinski definition) is 5. The smallest absolute Gasteiger partial charge is 0.302 e. The number of rotatable bonds is 6. The minimum Gasteiger partial charge on any atom is -0.465 e. The van der Waals surface area contributed by atoms with E-state index in [-0.39, 0.29) is 75.9 Å². The van der Waals surface area contributed by atoms with Crippen LogP contribution in [0.25, 0.3) is 0 Å². The van der Waals surface area contributed by atoms with E-state index < -0.39 is 5.41 Å². The van der Waals surface area contributed by atoms with Gasteiger partial charge in [0.2, 0.25) is 11.8 Å². The monoisotopic (exact) mass is 570 g/mol. The fraction of sp³-hybridized carbons (Fsp3) is 0.882. The Balaban J connectivity index is 1.52. The van der Waals surface area contributed by atoms with Gasteiger partial charge in [0, 0.05) is 56.1 Å². The molecule has 0 aromatic rings. The molecule has 0 heterocycles. The molecule has 0 aromatic carbocycles. The van der Waals surface area contributed by atoms with Gasteiger partial charge >= 0.3 is 5.97 Å². The van der Waals surface area contributed by atoms with Crippen molar-refractivity contribution in [3.8, 4) is 0 Å². The molecule has 11 atom stereocenters. The number of hydrogen-bond donors (Lipinski definition) is 1. The second kappa shape index (κ2) is 9.54. The standard InChI is InChI=1S/C34H54N2O5/c1-19(2)29(40)35-26-13-14-33-17-34(33)25(12-11-24(33)30(26,7)18-41-23(6)38)31(8)15-20(3)28(21(4)36(10)22(5)37)32(31,9)16-27(34)39/h19-21,24-26,28H,11-18H2,1-10H3,(H,35,40)/t20-,21?,24?,25?,26+,28-,30+,31+,32-,33?,34+/m1/s1. The van der Waals surface area contributed by atoms with Gasteiger partial charge in [0.05, 0.1) is 6.61 Å². The maximum atomic E-state index is 14.7. The first-order valence-electron chi connectivity index (χ1n) is 16.1. The van der Waals surface area contributed by atoms with Crippen LogP contribution in [0.3, 0.4) is 0 Å². The zero-order valence-electron chi connectivity index (χ0n) is 27.2. The van der Waals surface area contributed by atoms with E-state index in [1.54, 1.807) is 6.92 Å². The van der Waals surface area contributed by atoms with Gasteiger partial charge in [-0.05, 0) is 85.4 Å². The summed E-state index contributed by atoms with van der Waals surface area (Å²) >= 11 is 0. The minimum absolute atomic E-state index is 0.0142. The second-order valence-corrected chi connectivity index (χ2v) is 16.0. The van der Waals surface area contributed by atoms with E-state index in [9.17, 15) is 19.2 Å². The zero-order chi connectivity index (χ0) is 30.5. The van der Waals surface area contributed by atoms with Crippen molar-refractivity contribution in [1.29, 1.82) is 0 Å². The number of Topliss-reactive ketones (excluding diaryl/α,β-unsaturated/α-hetero) is 1. The van der Waals surface area contributed by atoms with E-state index in [1.807, 2.05) is 25.8 Å². The molecule has 2 amide bonds. The average molecular weight is 571 g/mol. The number of esters is 1. The number of carbonyl (C=O) groups excluding carboxylic acids is 4. The Kier molecular flexibility index (Phi) is 7.11. The van der Waals surface area contributed by atoms with Crippen molar-refractivity contribution >= 4 is 23.6 Å². The summed E-state index contributed by atoms with van der Waals surface area (Å²) in [5.74, 6) is 1.36. The van der Waals surface area contributed by atoms with Gasteiger partial charge in [-0.1, -0.05) is 41.5 Å². The maximum Gasteiger partial charge on any atom is 0.302 e. The number of ketones is 1. The van der Waals surface area contributed by atoms with Crippen LogP contribution in [0.4, 0.5) is 0 Å². The molecule has 7 heteroatoms. The molecule has 0 aromatic heterocycles. The Bertz CT molecular complexity index is 1150. The molecular weight excluding hydrogens is 516 g/mol. The maximum absolute atomic E-state index is 14.7. The van der Waals surface area contributed by atoms with Crippen molar-refractivity contribution in [1.82, 2.24) is 10.2 Å². The third-order valence-electron chi connectivity index (χ3n) is 14.1. The largest absolute Gasteiger partial charge is 0.465 e. The van der Waals surface area contributed by atoms with E-state index >= 15 is 0 Å². The van der Waals surface area contributed by atoms with Crippen molar-refractivity contribution in [2.45, 2.75) is 119 Å². The van der Waals surface area contributed by atoms with Crippen LogP contribution < -0.4 is 5.32 Å². The highest BCUT2D eigenvalue weighted by molar-refractivity contribution is 5.92. The molecule has 5 saturated carbocycles. The first-order chi connectivity index (χ1) is 18.9. The number of nitrogens with zero attached hydrogens (tertiary/aromatic N) is 1. The number of carbonyl (C=O) groups is 4. The van der Waals surface area contributed by atoms with Gasteiger partial charge in [0.15, 0.2) is 0 Å². The highest BCUT2D eigenvalue weighted by Gasteiger charge is 2.86. The van der Waals surface area contributed by atoms with Crippen molar-refractivity contribution in [2.75, 3.05) is 13.7 Å². The van der Waals surface area contributed by atoms with Crippen LogP contribution in [0.1, 0.15) is 107 Å². The van der Waals surface area contributed by atoms with Crippen LogP contribution in [-0.2, 0) is 23.9 Å². The van der Waals surface area contributed by atoms with Crippen LogP contribution >= 0.6 is 0 Å². The third kappa shape index (κ3) is 3.88. The topological polar surface area (TPSA) is 92.8 Å². The molecule has 7 nitrogen and oxygen atoms in total. The van der Waals surface area contributed by atoms with E-state index in [0.717, 1.165) is 38.5 Å². The molecule has 0 aliphatic heterocycles. The lowest BCUT2D eigenvalue weighted by Gasteiger charge is -2.63. The molecule has 0 saturated heterocycles. The summed E-state index contributed by atoms with van der Waals surface area (Å²) in [6.07, 6.45) is 6.31. The first-order valence-corrected chi connectivity index (χ1v) is 16.1. The van der Waals surface area contributed by atoms with Crippen molar-refractivity contribution in [3.63, 3.8) is 0 Å². The Morgan fingerprint density at radius 1 is 1.02 bits per heavy atom. The highest BCUT2D eigenvalue weighted by Crippen LogP contribution is 2.88. The molecule has 0 radical (unpaired) electrons. The van der Waals surface area contributed by atoms with Gasteiger partial charge in [0.25, 0.3) is 0 Å². The summed E-state index contributed by atoms with van der Waals surface area (Å²) in [5.41, 5.74) is -0.981. The van der Waals surface area contributed by atoms with Crippen molar-refractivity contribution < 1.29 is 23.9 Å². The summed E-state index contributed by atoms with van der Waals surface area (Å²) < 4.78 is 5.72. The molecule has 41 heavy (non-hydrogen) atoms. The van der Waals surface area contributed by atoms with Gasteiger partial charge in [-0.2, -0.15) is 0 Å². The number of ether oxygens (including phenoxy) is 1. The molecule has 230 valence electrons. The highest BCUT2D eigenvalue weighted by atomic mass is 16.5. The number of nitrogens with one attached hydrogen (secondary N) is 1. The number of fused-ring (bicyclic) bond motifs is 2. The lowest BCUT2D eigenvalue weighted by Crippen LogP contribution is -2.64. The molecule has 5 aliphatic rings. The molecule has 2 spiro atoms. The van der Waals surface area contributed by atoms with E-state index in [2.05, 4.69) is 39.9 Å². The van der Waals surface area contributed by atoms with Crippen LogP contribution in [-0.4, -0.2) is 54.2 Å². The van der Waals surface area contributed by atoms with Gasteiger partial charge in [-0.15, -0.1) is 0 Å². The fourth-order valence-electron chi connectivity index (χ4n) is 12.0. The van der Waals surface area contributed by atoms with Crippen LogP contribution in [0.2, 0.25) is 0 Å². The Hall–Kier alpha value is -1.92. The van der Waals surface area contributed by atoms with Gasteiger partial charge in [0.1, 0.15) is 5.78 Å². The Morgan fingerprint density at radius 2 is 1.66 bits per heavy atom. The second-order valence-electron chi connectivity index (χ2n) is 16.0. The predicted octanol–water partition coefficient (Wildman–Crippen LogP) is 5.40. The van der Waals surface area contributed by atoms with E-state index in [1.165, 1.54) is 6.92 Å². The quantitative estimate of drug-likeness (QED) is 0.432. The van der Waals surface area contributed by atoms with Crippen molar-refractivity contribution in [2.24, 2.45) is 56.7 Å². The molecule has 1 N–H and O–H groups in total. The van der Waals surface area contributed by atoms with Crippen LogP contribution in [0, 0.1) is 56.7 Å². The van der Waals surface area contributed by atoms with E-state index in [0.29, 0.717) is 24.0 Å². The first kappa shape index (κ1) is 30.5. The fourth-order valence-corrected chi connectivity index (χ4v) is 12.0. The Labute approximate surface area is 247 Å². The van der Waals surface area contributed by atoms with Crippen molar-refractivity contribution in [3.05, 3.63) is 0 Å². The summed E-state index contributed by atoms with van der Waals surface area (Å²) in [7, 11) is 1.91.